The number of pyridine rings is 1. The SMILES string of the molecule is Cc1nn(C2CCCN(C)CC2)cc1Cc1cnccc1C(=O)O. The van der Waals surface area contributed by atoms with Crippen LogP contribution in [0.4, 0.5) is 0 Å². The Hall–Kier alpha value is -2.21. The maximum absolute atomic E-state index is 11.4. The number of nitrogens with zero attached hydrogens (tertiary/aromatic N) is 4. The second-order valence-electron chi connectivity index (χ2n) is 6.62. The highest BCUT2D eigenvalue weighted by Gasteiger charge is 2.19. The summed E-state index contributed by atoms with van der Waals surface area (Å²) in [5.74, 6) is -0.913. The molecule has 3 heterocycles. The van der Waals surface area contributed by atoms with Gasteiger partial charge in [-0.3, -0.25) is 9.67 Å². The van der Waals surface area contributed by atoms with E-state index >= 15 is 0 Å². The fraction of sp³-hybridized carbons (Fsp3) is 0.500. The van der Waals surface area contributed by atoms with Crippen LogP contribution in [0, 0.1) is 6.92 Å². The van der Waals surface area contributed by atoms with Crippen molar-refractivity contribution in [3.8, 4) is 0 Å². The molecule has 6 nitrogen and oxygen atoms in total. The van der Waals surface area contributed by atoms with Crippen molar-refractivity contribution in [3.63, 3.8) is 0 Å². The van der Waals surface area contributed by atoms with Crippen molar-refractivity contribution in [1.82, 2.24) is 19.7 Å². The van der Waals surface area contributed by atoms with Gasteiger partial charge in [0.2, 0.25) is 0 Å². The van der Waals surface area contributed by atoms with Crippen molar-refractivity contribution in [1.29, 1.82) is 0 Å². The molecule has 6 heteroatoms. The number of carboxylic acid groups (broad SMARTS) is 1. The van der Waals surface area contributed by atoms with E-state index in [4.69, 9.17) is 5.10 Å². The summed E-state index contributed by atoms with van der Waals surface area (Å²) in [6.07, 6.45) is 9.22. The quantitative estimate of drug-likeness (QED) is 0.934. The van der Waals surface area contributed by atoms with Crippen molar-refractivity contribution >= 4 is 5.97 Å². The van der Waals surface area contributed by atoms with Gasteiger partial charge < -0.3 is 10.0 Å². The van der Waals surface area contributed by atoms with Gasteiger partial charge in [-0.1, -0.05) is 0 Å². The Bertz CT molecular complexity index is 726. The van der Waals surface area contributed by atoms with E-state index in [0.717, 1.165) is 42.8 Å². The number of aryl methyl sites for hydroxylation is 1. The van der Waals surface area contributed by atoms with Gasteiger partial charge in [0, 0.05) is 25.0 Å². The minimum Gasteiger partial charge on any atom is -0.478 e. The van der Waals surface area contributed by atoms with E-state index in [-0.39, 0.29) is 0 Å². The van der Waals surface area contributed by atoms with Crippen molar-refractivity contribution in [2.45, 2.75) is 38.6 Å². The number of carboxylic acids is 1. The molecule has 2 aromatic heterocycles. The molecule has 1 aliphatic rings. The molecule has 1 atom stereocenters. The zero-order chi connectivity index (χ0) is 17.1. The Kier molecular flexibility index (Phi) is 4.94. The lowest BCUT2D eigenvalue weighted by atomic mass is 10.0. The van der Waals surface area contributed by atoms with Crippen molar-refractivity contribution in [3.05, 3.63) is 47.0 Å². The maximum atomic E-state index is 11.4. The van der Waals surface area contributed by atoms with Gasteiger partial charge in [-0.25, -0.2) is 4.79 Å². The highest BCUT2D eigenvalue weighted by molar-refractivity contribution is 5.89. The standard InChI is InChI=1S/C18H24N4O2/c1-13-15(10-14-11-19-7-5-17(14)18(23)24)12-22(20-13)16-4-3-8-21(2)9-6-16/h5,7,11-12,16H,3-4,6,8-10H2,1-2H3,(H,23,24). The van der Waals surface area contributed by atoms with E-state index in [2.05, 4.69) is 27.8 Å². The molecule has 0 aliphatic carbocycles. The van der Waals surface area contributed by atoms with Crippen LogP contribution in [0.3, 0.4) is 0 Å². The minimum absolute atomic E-state index is 0.313. The van der Waals surface area contributed by atoms with E-state index in [1.807, 2.05) is 6.92 Å². The van der Waals surface area contributed by atoms with Crippen molar-refractivity contribution in [2.75, 3.05) is 20.1 Å². The maximum Gasteiger partial charge on any atom is 0.336 e. The Balaban J connectivity index is 1.81. The van der Waals surface area contributed by atoms with E-state index in [9.17, 15) is 9.90 Å². The summed E-state index contributed by atoms with van der Waals surface area (Å²) in [5.41, 5.74) is 3.08. The molecule has 1 saturated heterocycles. The van der Waals surface area contributed by atoms with E-state index in [1.54, 1.807) is 12.3 Å². The second kappa shape index (κ2) is 7.13. The number of carbonyl (C=O) groups is 1. The summed E-state index contributed by atoms with van der Waals surface area (Å²) in [7, 11) is 2.16. The zero-order valence-corrected chi connectivity index (χ0v) is 14.3. The van der Waals surface area contributed by atoms with Crippen LogP contribution >= 0.6 is 0 Å². The number of hydrogen-bond acceptors (Lipinski definition) is 4. The summed E-state index contributed by atoms with van der Waals surface area (Å²) < 4.78 is 2.08. The lowest BCUT2D eigenvalue weighted by molar-refractivity contribution is 0.0695. The number of rotatable bonds is 4. The van der Waals surface area contributed by atoms with Gasteiger partial charge >= 0.3 is 5.97 Å². The molecule has 1 aliphatic heterocycles. The topological polar surface area (TPSA) is 71.2 Å². The highest BCUT2D eigenvalue weighted by atomic mass is 16.4. The Morgan fingerprint density at radius 2 is 2.17 bits per heavy atom. The first-order valence-electron chi connectivity index (χ1n) is 8.44. The van der Waals surface area contributed by atoms with Gasteiger partial charge in [0.15, 0.2) is 0 Å². The fourth-order valence-electron chi connectivity index (χ4n) is 3.35. The summed E-state index contributed by atoms with van der Waals surface area (Å²) in [6, 6.07) is 1.98. The smallest absolute Gasteiger partial charge is 0.336 e. The molecular weight excluding hydrogens is 304 g/mol. The Labute approximate surface area is 142 Å². The molecule has 0 amide bonds. The van der Waals surface area contributed by atoms with Crippen LogP contribution in [0.2, 0.25) is 0 Å². The Morgan fingerprint density at radius 3 is 2.96 bits per heavy atom. The number of aromatic carboxylic acids is 1. The average molecular weight is 328 g/mol. The molecule has 24 heavy (non-hydrogen) atoms. The summed E-state index contributed by atoms with van der Waals surface area (Å²) >= 11 is 0. The van der Waals surface area contributed by atoms with E-state index in [1.165, 1.54) is 12.6 Å². The normalized spacial score (nSPS) is 19.2. The van der Waals surface area contributed by atoms with Crippen molar-refractivity contribution in [2.24, 2.45) is 0 Å². The molecule has 0 saturated carbocycles. The third-order valence-corrected chi connectivity index (χ3v) is 4.83. The minimum atomic E-state index is -0.913. The first-order chi connectivity index (χ1) is 11.5. The van der Waals surface area contributed by atoms with Crippen molar-refractivity contribution < 1.29 is 9.90 Å². The molecule has 128 valence electrons. The molecular formula is C18H24N4O2. The second-order valence-corrected chi connectivity index (χ2v) is 6.62. The lowest BCUT2D eigenvalue weighted by Gasteiger charge is -2.15. The van der Waals surface area contributed by atoms with E-state index in [0.29, 0.717) is 18.0 Å². The first-order valence-corrected chi connectivity index (χ1v) is 8.44. The molecule has 1 fully saturated rings. The molecule has 0 bridgehead atoms. The molecule has 1 unspecified atom stereocenters. The van der Waals surface area contributed by atoms with Crippen LogP contribution in [0.25, 0.3) is 0 Å². The summed E-state index contributed by atoms with van der Waals surface area (Å²) in [6.45, 7) is 4.22. The fourth-order valence-corrected chi connectivity index (χ4v) is 3.35. The molecule has 0 aromatic carbocycles. The monoisotopic (exact) mass is 328 g/mol. The predicted octanol–water partition coefficient (Wildman–Crippen LogP) is 2.53. The third kappa shape index (κ3) is 3.64. The number of hydrogen-bond donors (Lipinski definition) is 1. The van der Waals surface area contributed by atoms with E-state index < -0.39 is 5.97 Å². The summed E-state index contributed by atoms with van der Waals surface area (Å²) in [4.78, 5) is 17.8. The molecule has 2 aromatic rings. The van der Waals surface area contributed by atoms with Crippen LogP contribution < -0.4 is 0 Å². The molecule has 3 rings (SSSR count). The predicted molar refractivity (Wildman–Crippen MR) is 91.4 cm³/mol. The van der Waals surface area contributed by atoms with Crippen LogP contribution in [0.15, 0.2) is 24.7 Å². The first kappa shape index (κ1) is 16.6. The van der Waals surface area contributed by atoms with Gasteiger partial charge in [0.05, 0.1) is 17.3 Å². The number of likely N-dealkylation sites (tertiary alicyclic amines) is 1. The van der Waals surface area contributed by atoms with Crippen LogP contribution in [0.5, 0.6) is 0 Å². The van der Waals surface area contributed by atoms with Gasteiger partial charge in [0.25, 0.3) is 0 Å². The van der Waals surface area contributed by atoms with Gasteiger partial charge in [-0.15, -0.1) is 0 Å². The number of aromatic nitrogens is 3. The third-order valence-electron chi connectivity index (χ3n) is 4.83. The highest BCUT2D eigenvalue weighted by Crippen LogP contribution is 2.24. The van der Waals surface area contributed by atoms with Gasteiger partial charge in [-0.2, -0.15) is 5.10 Å². The van der Waals surface area contributed by atoms with Crippen LogP contribution in [-0.2, 0) is 6.42 Å². The van der Waals surface area contributed by atoms with Gasteiger partial charge in [-0.05, 0) is 63.5 Å². The summed E-state index contributed by atoms with van der Waals surface area (Å²) in [5, 5.41) is 14.0. The molecule has 0 radical (unpaired) electrons. The Morgan fingerprint density at radius 1 is 1.33 bits per heavy atom. The van der Waals surface area contributed by atoms with Crippen LogP contribution in [-0.4, -0.2) is 50.9 Å². The van der Waals surface area contributed by atoms with Crippen LogP contribution in [0.1, 0.15) is 52.5 Å². The molecule has 0 spiro atoms. The average Bonchev–Trinajstić information content (AvgIpc) is 2.77. The molecule has 1 N–H and O–H groups in total. The zero-order valence-electron chi connectivity index (χ0n) is 14.3. The lowest BCUT2D eigenvalue weighted by Crippen LogP contribution is -2.19. The largest absolute Gasteiger partial charge is 0.478 e. The van der Waals surface area contributed by atoms with Gasteiger partial charge in [0.1, 0.15) is 0 Å².